The van der Waals surface area contributed by atoms with Crippen molar-refractivity contribution in [3.63, 3.8) is 0 Å². The number of methoxy groups -OCH3 is 1. The van der Waals surface area contributed by atoms with Crippen molar-refractivity contribution in [1.82, 2.24) is 14.5 Å². The fraction of sp³-hybridized carbons (Fsp3) is 0.500. The lowest BCUT2D eigenvalue weighted by Crippen LogP contribution is -2.43. The average molecular weight is 284 g/mol. The first-order chi connectivity index (χ1) is 8.63. The molecule has 0 amide bonds. The molecule has 18 heavy (non-hydrogen) atoms. The Kier molecular flexibility index (Phi) is 2.92. The van der Waals surface area contributed by atoms with Crippen LogP contribution in [0.25, 0.3) is 11.2 Å². The number of nitrogens with zero attached hydrogens (tertiary/aromatic N) is 2. The highest BCUT2D eigenvalue weighted by Crippen LogP contribution is 2.37. The summed E-state index contributed by atoms with van der Waals surface area (Å²) in [6, 6.07) is 1.84. The third kappa shape index (κ3) is 1.86. The van der Waals surface area contributed by atoms with Gasteiger partial charge in [0.05, 0.1) is 22.7 Å². The molecule has 1 fully saturated rings. The van der Waals surface area contributed by atoms with Gasteiger partial charge in [0.2, 0.25) is 0 Å². The van der Waals surface area contributed by atoms with Crippen LogP contribution in [0.4, 0.5) is 0 Å². The third-order valence-corrected chi connectivity index (χ3v) is 4.25. The Morgan fingerprint density at radius 1 is 1.61 bits per heavy atom. The van der Waals surface area contributed by atoms with E-state index in [2.05, 4.69) is 9.97 Å². The maximum Gasteiger partial charge on any atom is 0.179 e. The second-order valence-corrected chi connectivity index (χ2v) is 5.60. The van der Waals surface area contributed by atoms with Gasteiger partial charge in [0.25, 0.3) is 0 Å². The normalized spacial score (nSPS) is 17.9. The molecule has 1 N–H and O–H groups in total. The van der Waals surface area contributed by atoms with E-state index in [9.17, 15) is 0 Å². The van der Waals surface area contributed by atoms with Crippen LogP contribution in [0.5, 0.6) is 0 Å². The van der Waals surface area contributed by atoms with Crippen LogP contribution in [0.2, 0.25) is 5.02 Å². The van der Waals surface area contributed by atoms with Crippen molar-refractivity contribution >= 4 is 35.0 Å². The number of pyridine rings is 1. The molecule has 0 aliphatic heterocycles. The molecule has 96 valence electrons. The van der Waals surface area contributed by atoms with E-state index in [-0.39, 0.29) is 5.60 Å². The van der Waals surface area contributed by atoms with Crippen molar-refractivity contribution in [3.05, 3.63) is 22.1 Å². The molecule has 4 nitrogen and oxygen atoms in total. The number of halogens is 1. The number of rotatable bonds is 3. The zero-order valence-electron chi connectivity index (χ0n) is 10.1. The Hall–Kier alpha value is -0.910. The minimum absolute atomic E-state index is 0.0747. The molecular weight excluding hydrogens is 270 g/mol. The molecule has 0 bridgehead atoms. The lowest BCUT2D eigenvalue weighted by atomic mass is 9.80. The van der Waals surface area contributed by atoms with Crippen molar-refractivity contribution in [1.29, 1.82) is 0 Å². The van der Waals surface area contributed by atoms with Gasteiger partial charge in [-0.3, -0.25) is 4.57 Å². The summed E-state index contributed by atoms with van der Waals surface area (Å²) in [5.74, 6) is 0. The molecule has 0 saturated heterocycles. The van der Waals surface area contributed by atoms with Crippen molar-refractivity contribution in [2.24, 2.45) is 0 Å². The van der Waals surface area contributed by atoms with Crippen LogP contribution >= 0.6 is 23.8 Å². The van der Waals surface area contributed by atoms with Crippen molar-refractivity contribution in [2.45, 2.75) is 31.4 Å². The highest BCUT2D eigenvalue weighted by Gasteiger charge is 2.38. The Balaban J connectivity index is 2.06. The first-order valence-corrected chi connectivity index (χ1v) is 6.71. The van der Waals surface area contributed by atoms with Gasteiger partial charge in [0.15, 0.2) is 10.4 Å². The number of aromatic nitrogens is 3. The van der Waals surface area contributed by atoms with Crippen molar-refractivity contribution in [2.75, 3.05) is 7.11 Å². The van der Waals surface area contributed by atoms with Crippen molar-refractivity contribution < 1.29 is 4.74 Å². The summed E-state index contributed by atoms with van der Waals surface area (Å²) in [6.07, 6.45) is 5.00. The summed E-state index contributed by atoms with van der Waals surface area (Å²) < 4.78 is 8.31. The summed E-state index contributed by atoms with van der Waals surface area (Å²) in [4.78, 5) is 7.49. The lowest BCUT2D eigenvalue weighted by molar-refractivity contribution is -0.0831. The minimum atomic E-state index is -0.0747. The maximum atomic E-state index is 5.93. The largest absolute Gasteiger partial charge is 0.376 e. The van der Waals surface area contributed by atoms with Crippen LogP contribution in [-0.4, -0.2) is 27.2 Å². The molecule has 0 unspecified atom stereocenters. The maximum absolute atomic E-state index is 5.93. The number of H-pyrrole nitrogens is 1. The number of imidazole rings is 1. The van der Waals surface area contributed by atoms with E-state index < -0.39 is 0 Å². The van der Waals surface area contributed by atoms with E-state index in [1.807, 2.05) is 10.6 Å². The molecule has 2 aromatic rings. The predicted octanol–water partition coefficient (Wildman–Crippen LogP) is 3.32. The van der Waals surface area contributed by atoms with E-state index in [1.54, 1.807) is 13.3 Å². The second-order valence-electron chi connectivity index (χ2n) is 4.78. The molecule has 0 spiro atoms. The predicted molar refractivity (Wildman–Crippen MR) is 73.5 cm³/mol. The highest BCUT2D eigenvalue weighted by molar-refractivity contribution is 7.71. The van der Waals surface area contributed by atoms with Crippen molar-refractivity contribution in [3.8, 4) is 0 Å². The van der Waals surface area contributed by atoms with Gasteiger partial charge in [-0.2, -0.15) is 0 Å². The number of fused-ring (bicyclic) bond motifs is 1. The van der Waals surface area contributed by atoms with Gasteiger partial charge < -0.3 is 9.72 Å². The van der Waals surface area contributed by atoms with Crippen LogP contribution < -0.4 is 0 Å². The molecule has 1 aliphatic carbocycles. The summed E-state index contributed by atoms with van der Waals surface area (Å²) in [6.45, 7) is 0.747. The fourth-order valence-corrected chi connectivity index (χ4v) is 2.87. The van der Waals surface area contributed by atoms with Gasteiger partial charge in [-0.25, -0.2) is 4.98 Å². The topological polar surface area (TPSA) is 42.8 Å². The number of ether oxygens (including phenoxy) is 1. The van der Waals surface area contributed by atoms with E-state index in [1.165, 1.54) is 6.42 Å². The summed E-state index contributed by atoms with van der Waals surface area (Å²) in [5, 5.41) is 0.607. The molecule has 0 aromatic carbocycles. The first kappa shape index (κ1) is 12.1. The highest BCUT2D eigenvalue weighted by atomic mass is 35.5. The summed E-state index contributed by atoms with van der Waals surface area (Å²) >= 11 is 11.3. The van der Waals surface area contributed by atoms with Gasteiger partial charge in [-0.05, 0) is 37.5 Å². The minimum Gasteiger partial charge on any atom is -0.376 e. The first-order valence-electron chi connectivity index (χ1n) is 5.93. The molecule has 6 heteroatoms. The molecule has 2 heterocycles. The molecular formula is C12H14ClN3OS. The van der Waals surface area contributed by atoms with Gasteiger partial charge in [0, 0.05) is 13.3 Å². The zero-order valence-corrected chi connectivity index (χ0v) is 11.6. The van der Waals surface area contributed by atoms with Crippen LogP contribution in [0, 0.1) is 4.77 Å². The Morgan fingerprint density at radius 2 is 2.39 bits per heavy atom. The number of hydrogen-bond donors (Lipinski definition) is 1. The molecule has 1 aliphatic rings. The van der Waals surface area contributed by atoms with E-state index in [0.29, 0.717) is 9.79 Å². The molecule has 2 aromatic heterocycles. The van der Waals surface area contributed by atoms with Crippen LogP contribution in [0.3, 0.4) is 0 Å². The molecule has 1 saturated carbocycles. The lowest BCUT2D eigenvalue weighted by Gasteiger charge is -2.40. The zero-order chi connectivity index (χ0) is 12.8. The van der Waals surface area contributed by atoms with E-state index >= 15 is 0 Å². The number of hydrogen-bond acceptors (Lipinski definition) is 3. The van der Waals surface area contributed by atoms with E-state index in [0.717, 1.165) is 30.6 Å². The molecule has 0 atom stereocenters. The Labute approximate surface area is 115 Å². The van der Waals surface area contributed by atoms with Crippen LogP contribution in [-0.2, 0) is 11.3 Å². The van der Waals surface area contributed by atoms with Crippen LogP contribution in [0.15, 0.2) is 12.3 Å². The third-order valence-electron chi connectivity index (χ3n) is 3.72. The van der Waals surface area contributed by atoms with E-state index in [4.69, 9.17) is 28.6 Å². The standard InChI is InChI=1S/C12H14ClN3OS/c1-17-12(3-2-4-12)7-16-10-9(15-11(16)18)5-8(13)6-14-10/h5-6H,2-4,7H2,1H3,(H,15,18). The van der Waals surface area contributed by atoms with Gasteiger partial charge in [0.1, 0.15) is 0 Å². The number of nitrogens with one attached hydrogen (secondary N) is 1. The number of aromatic amines is 1. The van der Waals surface area contributed by atoms with Gasteiger partial charge >= 0.3 is 0 Å². The molecule has 3 rings (SSSR count). The molecule has 0 radical (unpaired) electrons. The second kappa shape index (κ2) is 4.33. The summed E-state index contributed by atoms with van der Waals surface area (Å²) in [5.41, 5.74) is 1.64. The smallest absolute Gasteiger partial charge is 0.179 e. The van der Waals surface area contributed by atoms with Gasteiger partial charge in [-0.1, -0.05) is 11.6 Å². The van der Waals surface area contributed by atoms with Crippen LogP contribution in [0.1, 0.15) is 19.3 Å². The monoisotopic (exact) mass is 283 g/mol. The average Bonchev–Trinajstić information content (AvgIpc) is 2.59. The fourth-order valence-electron chi connectivity index (χ4n) is 2.45. The van der Waals surface area contributed by atoms with Gasteiger partial charge in [-0.15, -0.1) is 0 Å². The summed E-state index contributed by atoms with van der Waals surface area (Å²) in [7, 11) is 1.77. The Bertz CT molecular complexity index is 639. The SMILES string of the molecule is COC1(Cn2c(=S)[nH]c3cc(Cl)cnc32)CCC1. The quantitative estimate of drug-likeness (QED) is 0.879. The Morgan fingerprint density at radius 3 is 3.00 bits per heavy atom.